The number of fused-ring (bicyclic) bond motifs is 1. The predicted molar refractivity (Wildman–Crippen MR) is 56.6 cm³/mol. The second kappa shape index (κ2) is 3.93. The molecule has 0 atom stereocenters. The molecule has 0 aromatic heterocycles. The van der Waals surface area contributed by atoms with Crippen LogP contribution in [0.15, 0.2) is 12.1 Å². The summed E-state index contributed by atoms with van der Waals surface area (Å²) < 4.78 is 5.52. The van der Waals surface area contributed by atoms with Gasteiger partial charge in [0, 0.05) is 0 Å². The molecule has 1 aromatic rings. The summed E-state index contributed by atoms with van der Waals surface area (Å²) in [7, 11) is 0. The first kappa shape index (κ1) is 10.0. The molecule has 0 saturated heterocycles. The SMILES string of the molecule is Cc1cc2c(c(C(=O)O)c1)OCCCC2. The van der Waals surface area contributed by atoms with E-state index in [2.05, 4.69) is 0 Å². The molecule has 80 valence electrons. The molecule has 3 nitrogen and oxygen atoms in total. The van der Waals surface area contributed by atoms with Gasteiger partial charge in [-0.1, -0.05) is 6.07 Å². The van der Waals surface area contributed by atoms with Crippen molar-refractivity contribution < 1.29 is 14.6 Å². The van der Waals surface area contributed by atoms with Gasteiger partial charge in [-0.05, 0) is 43.4 Å². The fraction of sp³-hybridized carbons (Fsp3) is 0.417. The Kier molecular flexibility index (Phi) is 2.62. The Hall–Kier alpha value is -1.51. The van der Waals surface area contributed by atoms with Gasteiger partial charge in [-0.25, -0.2) is 4.79 Å². The van der Waals surface area contributed by atoms with E-state index < -0.39 is 5.97 Å². The molecule has 0 fully saturated rings. The fourth-order valence-corrected chi connectivity index (χ4v) is 1.95. The van der Waals surface area contributed by atoms with Crippen LogP contribution >= 0.6 is 0 Å². The highest BCUT2D eigenvalue weighted by Crippen LogP contribution is 2.29. The lowest BCUT2D eigenvalue weighted by atomic mass is 10.0. The minimum atomic E-state index is -0.906. The Balaban J connectivity index is 2.54. The molecule has 1 heterocycles. The molecule has 0 spiro atoms. The monoisotopic (exact) mass is 206 g/mol. The first-order chi connectivity index (χ1) is 7.18. The lowest BCUT2D eigenvalue weighted by Crippen LogP contribution is -2.05. The van der Waals surface area contributed by atoms with Crippen molar-refractivity contribution >= 4 is 5.97 Å². The van der Waals surface area contributed by atoms with E-state index in [1.54, 1.807) is 6.07 Å². The minimum Gasteiger partial charge on any atom is -0.492 e. The minimum absolute atomic E-state index is 0.298. The van der Waals surface area contributed by atoms with Crippen LogP contribution in [0.3, 0.4) is 0 Å². The molecule has 0 aliphatic carbocycles. The first-order valence-electron chi connectivity index (χ1n) is 5.18. The van der Waals surface area contributed by atoms with Crippen LogP contribution in [-0.2, 0) is 6.42 Å². The van der Waals surface area contributed by atoms with Crippen LogP contribution in [-0.4, -0.2) is 17.7 Å². The average molecular weight is 206 g/mol. The van der Waals surface area contributed by atoms with Gasteiger partial charge >= 0.3 is 5.97 Å². The summed E-state index contributed by atoms with van der Waals surface area (Å²) in [6.07, 6.45) is 2.97. The Labute approximate surface area is 88.7 Å². The number of carboxylic acids is 1. The van der Waals surface area contributed by atoms with Gasteiger partial charge < -0.3 is 9.84 Å². The van der Waals surface area contributed by atoms with Gasteiger partial charge in [0.25, 0.3) is 0 Å². The zero-order valence-electron chi connectivity index (χ0n) is 8.75. The van der Waals surface area contributed by atoms with Crippen LogP contribution in [0.5, 0.6) is 5.75 Å². The van der Waals surface area contributed by atoms with Gasteiger partial charge in [-0.15, -0.1) is 0 Å². The van der Waals surface area contributed by atoms with E-state index in [9.17, 15) is 4.79 Å². The number of hydrogen-bond acceptors (Lipinski definition) is 2. The number of ether oxygens (including phenoxy) is 1. The van der Waals surface area contributed by atoms with Crippen molar-refractivity contribution in [2.24, 2.45) is 0 Å². The van der Waals surface area contributed by atoms with E-state index in [-0.39, 0.29) is 0 Å². The molecule has 1 aromatic carbocycles. The van der Waals surface area contributed by atoms with E-state index in [1.165, 1.54) is 0 Å². The second-order valence-electron chi connectivity index (χ2n) is 3.91. The van der Waals surface area contributed by atoms with Gasteiger partial charge in [0.05, 0.1) is 6.61 Å². The Morgan fingerprint density at radius 1 is 1.40 bits per heavy atom. The number of carbonyl (C=O) groups is 1. The number of hydrogen-bond donors (Lipinski definition) is 1. The van der Waals surface area contributed by atoms with Gasteiger partial charge in [-0.3, -0.25) is 0 Å². The molecule has 0 amide bonds. The summed E-state index contributed by atoms with van der Waals surface area (Å²) in [5, 5.41) is 9.08. The van der Waals surface area contributed by atoms with Crippen molar-refractivity contribution in [3.8, 4) is 5.75 Å². The number of carboxylic acid groups (broad SMARTS) is 1. The second-order valence-corrected chi connectivity index (χ2v) is 3.91. The molecule has 15 heavy (non-hydrogen) atoms. The third-order valence-electron chi connectivity index (χ3n) is 2.63. The molecule has 0 bridgehead atoms. The van der Waals surface area contributed by atoms with E-state index in [4.69, 9.17) is 9.84 Å². The molecule has 0 radical (unpaired) electrons. The van der Waals surface area contributed by atoms with Crippen LogP contribution in [0.25, 0.3) is 0 Å². The highest BCUT2D eigenvalue weighted by atomic mass is 16.5. The molecular weight excluding hydrogens is 192 g/mol. The largest absolute Gasteiger partial charge is 0.492 e. The lowest BCUT2D eigenvalue weighted by molar-refractivity contribution is 0.0692. The topological polar surface area (TPSA) is 46.5 Å². The zero-order valence-corrected chi connectivity index (χ0v) is 8.75. The molecule has 3 heteroatoms. The molecule has 1 aliphatic heterocycles. The maximum absolute atomic E-state index is 11.1. The van der Waals surface area contributed by atoms with E-state index >= 15 is 0 Å². The van der Waals surface area contributed by atoms with Gasteiger partial charge in [0.1, 0.15) is 11.3 Å². The molecular formula is C12H14O3. The third kappa shape index (κ3) is 1.96. The zero-order chi connectivity index (χ0) is 10.8. The summed E-state index contributed by atoms with van der Waals surface area (Å²) in [4.78, 5) is 11.1. The number of rotatable bonds is 1. The predicted octanol–water partition coefficient (Wildman–Crippen LogP) is 2.41. The van der Waals surface area contributed by atoms with E-state index in [0.717, 1.165) is 30.4 Å². The maximum Gasteiger partial charge on any atom is 0.339 e. The molecule has 1 N–H and O–H groups in total. The average Bonchev–Trinajstić information content (AvgIpc) is 2.41. The number of aromatic carboxylic acids is 1. The van der Waals surface area contributed by atoms with Gasteiger partial charge in [0.15, 0.2) is 0 Å². The third-order valence-corrected chi connectivity index (χ3v) is 2.63. The van der Waals surface area contributed by atoms with Crippen LogP contribution in [0.2, 0.25) is 0 Å². The maximum atomic E-state index is 11.1. The number of benzene rings is 1. The molecule has 0 saturated carbocycles. The summed E-state index contributed by atoms with van der Waals surface area (Å²) >= 11 is 0. The Morgan fingerprint density at radius 2 is 2.20 bits per heavy atom. The van der Waals surface area contributed by atoms with Crippen molar-refractivity contribution in [1.29, 1.82) is 0 Å². The van der Waals surface area contributed by atoms with Crippen LogP contribution in [0, 0.1) is 6.92 Å². The van der Waals surface area contributed by atoms with E-state index in [1.807, 2.05) is 13.0 Å². The summed E-state index contributed by atoms with van der Waals surface area (Å²) in [5.74, 6) is -0.331. The molecule has 1 aliphatic rings. The smallest absolute Gasteiger partial charge is 0.339 e. The Morgan fingerprint density at radius 3 is 2.93 bits per heavy atom. The molecule has 0 unspecified atom stereocenters. The lowest BCUT2D eigenvalue weighted by Gasteiger charge is -2.11. The first-order valence-corrected chi connectivity index (χ1v) is 5.18. The van der Waals surface area contributed by atoms with Crippen LogP contribution in [0.1, 0.15) is 34.3 Å². The van der Waals surface area contributed by atoms with E-state index in [0.29, 0.717) is 17.9 Å². The van der Waals surface area contributed by atoms with Crippen molar-refractivity contribution in [2.75, 3.05) is 6.61 Å². The van der Waals surface area contributed by atoms with Crippen molar-refractivity contribution in [3.05, 3.63) is 28.8 Å². The molecule has 2 rings (SSSR count). The summed E-state index contributed by atoms with van der Waals surface area (Å²) in [6, 6.07) is 3.69. The van der Waals surface area contributed by atoms with Gasteiger partial charge in [-0.2, -0.15) is 0 Å². The van der Waals surface area contributed by atoms with Crippen molar-refractivity contribution in [1.82, 2.24) is 0 Å². The quantitative estimate of drug-likeness (QED) is 0.767. The normalized spacial score (nSPS) is 15.0. The standard InChI is InChI=1S/C12H14O3/c1-8-6-9-4-2-3-5-15-11(9)10(7-8)12(13)14/h6-7H,2-5H2,1H3,(H,13,14). The van der Waals surface area contributed by atoms with Crippen LogP contribution in [0.4, 0.5) is 0 Å². The number of aryl methyl sites for hydroxylation is 2. The highest BCUT2D eigenvalue weighted by molar-refractivity contribution is 5.91. The van der Waals surface area contributed by atoms with Crippen LogP contribution < -0.4 is 4.74 Å². The fourth-order valence-electron chi connectivity index (χ4n) is 1.95. The van der Waals surface area contributed by atoms with Crippen molar-refractivity contribution in [2.45, 2.75) is 26.2 Å². The van der Waals surface area contributed by atoms with Crippen molar-refractivity contribution in [3.63, 3.8) is 0 Å². The van der Waals surface area contributed by atoms with Gasteiger partial charge in [0.2, 0.25) is 0 Å². The highest BCUT2D eigenvalue weighted by Gasteiger charge is 2.18. The summed E-state index contributed by atoms with van der Waals surface area (Å²) in [6.45, 7) is 2.54. The Bertz CT molecular complexity index is 396. The summed E-state index contributed by atoms with van der Waals surface area (Å²) in [5.41, 5.74) is 2.31.